The molecule has 0 bridgehead atoms. The summed E-state index contributed by atoms with van der Waals surface area (Å²) in [6.07, 6.45) is 2.48. The number of para-hydroxylation sites is 1. The van der Waals surface area contributed by atoms with E-state index in [0.717, 1.165) is 47.4 Å². The molecule has 6 rings (SSSR count). The largest absolute Gasteiger partial charge is 0.438 e. The van der Waals surface area contributed by atoms with Gasteiger partial charge in [-0.05, 0) is 37.1 Å². The minimum atomic E-state index is -0.549. The highest BCUT2D eigenvalue weighted by molar-refractivity contribution is 7.13. The zero-order chi connectivity index (χ0) is 25.6. The summed E-state index contributed by atoms with van der Waals surface area (Å²) in [5.74, 6) is 0.819. The van der Waals surface area contributed by atoms with Gasteiger partial charge in [-0.3, -0.25) is 9.59 Å². The molecule has 2 amide bonds. The van der Waals surface area contributed by atoms with Crippen molar-refractivity contribution in [3.05, 3.63) is 82.9 Å². The van der Waals surface area contributed by atoms with Crippen LogP contribution in [-0.2, 0) is 10.2 Å². The Kier molecular flexibility index (Phi) is 5.72. The van der Waals surface area contributed by atoms with Crippen molar-refractivity contribution in [1.82, 2.24) is 20.1 Å². The van der Waals surface area contributed by atoms with Crippen molar-refractivity contribution in [2.45, 2.75) is 24.7 Å². The van der Waals surface area contributed by atoms with E-state index in [-0.39, 0.29) is 17.7 Å². The fraction of sp³-hybridized carbons (Fsp3) is 0.250. The molecular weight excluding hydrogens is 486 g/mol. The van der Waals surface area contributed by atoms with Gasteiger partial charge >= 0.3 is 0 Å². The van der Waals surface area contributed by atoms with Gasteiger partial charge in [0.25, 0.3) is 5.91 Å². The fourth-order valence-electron chi connectivity index (χ4n) is 5.66. The van der Waals surface area contributed by atoms with Crippen molar-refractivity contribution < 1.29 is 14.3 Å². The summed E-state index contributed by atoms with van der Waals surface area (Å²) >= 11 is 1.31. The third kappa shape index (κ3) is 3.86. The van der Waals surface area contributed by atoms with E-state index in [9.17, 15) is 9.59 Å². The number of rotatable bonds is 4. The van der Waals surface area contributed by atoms with E-state index >= 15 is 0 Å². The molecule has 2 aromatic carbocycles. The summed E-state index contributed by atoms with van der Waals surface area (Å²) in [5.41, 5.74) is 5.23. The third-order valence-electron chi connectivity index (χ3n) is 7.31. The molecular formula is C28H25N5O3S. The van der Waals surface area contributed by atoms with E-state index in [1.165, 1.54) is 11.3 Å². The first-order chi connectivity index (χ1) is 18.0. The number of carbonyl (C=O) groups is 2. The number of hydrogen-bond donors (Lipinski definition) is 1. The maximum absolute atomic E-state index is 13.6. The monoisotopic (exact) mass is 511 g/mol. The van der Waals surface area contributed by atoms with Crippen LogP contribution in [0.1, 0.15) is 40.7 Å². The highest BCUT2D eigenvalue weighted by atomic mass is 32.1. The van der Waals surface area contributed by atoms with Gasteiger partial charge in [0.15, 0.2) is 0 Å². The van der Waals surface area contributed by atoms with Crippen LogP contribution < -0.4 is 10.1 Å². The van der Waals surface area contributed by atoms with Crippen LogP contribution in [0.2, 0.25) is 0 Å². The SMILES string of the molecule is CN(C)C(=O)c1ccc(-c2ccc3c(n2)Oc2ccccc2C32CCCC2C(=O)Nc2nncs2)cc1. The number of fused-ring (bicyclic) bond motifs is 4. The number of pyridine rings is 1. The number of aromatic nitrogens is 3. The Labute approximate surface area is 218 Å². The zero-order valence-electron chi connectivity index (χ0n) is 20.5. The first-order valence-corrected chi connectivity index (χ1v) is 13.0. The zero-order valence-corrected chi connectivity index (χ0v) is 21.3. The Morgan fingerprint density at radius 2 is 1.86 bits per heavy atom. The molecule has 4 aromatic rings. The highest BCUT2D eigenvalue weighted by Gasteiger charge is 2.54. The second-order valence-electron chi connectivity index (χ2n) is 9.57. The molecule has 3 heterocycles. The molecule has 37 heavy (non-hydrogen) atoms. The van der Waals surface area contributed by atoms with Crippen LogP contribution in [0.3, 0.4) is 0 Å². The van der Waals surface area contributed by atoms with Crippen LogP contribution in [0.4, 0.5) is 5.13 Å². The standard InChI is InChI=1S/C28H25N5O3S/c1-33(2)26(35)18-11-9-17(10-12-18)22-14-13-21-25(30-22)36-23-8-4-3-6-19(23)28(21)15-5-7-20(28)24(34)31-27-32-29-16-37-27/h3-4,6,8-14,16,20H,5,7,15H2,1-2H3,(H,31,32,34). The molecule has 1 aliphatic heterocycles. The average Bonchev–Trinajstić information content (AvgIpc) is 3.59. The van der Waals surface area contributed by atoms with Gasteiger partial charge in [0.05, 0.1) is 11.6 Å². The maximum atomic E-state index is 13.6. The van der Waals surface area contributed by atoms with E-state index < -0.39 is 5.41 Å². The Bertz CT molecular complexity index is 1490. The van der Waals surface area contributed by atoms with Gasteiger partial charge in [-0.2, -0.15) is 0 Å². The van der Waals surface area contributed by atoms with Crippen LogP contribution in [0.15, 0.2) is 66.2 Å². The van der Waals surface area contributed by atoms with E-state index in [1.54, 1.807) is 36.6 Å². The van der Waals surface area contributed by atoms with Crippen molar-refractivity contribution in [1.29, 1.82) is 0 Å². The second kappa shape index (κ2) is 9.08. The Morgan fingerprint density at radius 3 is 2.62 bits per heavy atom. The Balaban J connectivity index is 1.41. The van der Waals surface area contributed by atoms with Gasteiger partial charge < -0.3 is 15.0 Å². The lowest BCUT2D eigenvalue weighted by Crippen LogP contribution is -2.41. The number of hydrogen-bond acceptors (Lipinski definition) is 7. The van der Waals surface area contributed by atoms with Crippen molar-refractivity contribution in [2.24, 2.45) is 5.92 Å². The molecule has 1 aliphatic carbocycles. The van der Waals surface area contributed by atoms with E-state index in [2.05, 4.69) is 21.6 Å². The van der Waals surface area contributed by atoms with Gasteiger partial charge in [0.1, 0.15) is 11.3 Å². The minimum Gasteiger partial charge on any atom is -0.438 e. The number of ether oxygens (including phenoxy) is 1. The Morgan fingerprint density at radius 1 is 1.05 bits per heavy atom. The average molecular weight is 512 g/mol. The van der Waals surface area contributed by atoms with E-state index in [0.29, 0.717) is 16.6 Å². The quantitative estimate of drug-likeness (QED) is 0.408. The number of anilines is 1. The van der Waals surface area contributed by atoms with Crippen molar-refractivity contribution in [3.63, 3.8) is 0 Å². The molecule has 1 saturated carbocycles. The topological polar surface area (TPSA) is 97.3 Å². The first kappa shape index (κ1) is 23.3. The highest BCUT2D eigenvalue weighted by Crippen LogP contribution is 2.58. The van der Waals surface area contributed by atoms with Crippen LogP contribution >= 0.6 is 11.3 Å². The van der Waals surface area contributed by atoms with Gasteiger partial charge in [0.2, 0.25) is 16.9 Å². The van der Waals surface area contributed by atoms with Crippen LogP contribution in [0, 0.1) is 5.92 Å². The van der Waals surface area contributed by atoms with Crippen molar-refractivity contribution in [2.75, 3.05) is 19.4 Å². The summed E-state index contributed by atoms with van der Waals surface area (Å²) in [6, 6.07) is 19.3. The summed E-state index contributed by atoms with van der Waals surface area (Å²) in [5, 5.41) is 11.3. The third-order valence-corrected chi connectivity index (χ3v) is 7.92. The predicted molar refractivity (Wildman–Crippen MR) is 141 cm³/mol. The molecule has 2 unspecified atom stereocenters. The van der Waals surface area contributed by atoms with Gasteiger partial charge in [-0.15, -0.1) is 10.2 Å². The van der Waals surface area contributed by atoms with Gasteiger partial charge in [-0.25, -0.2) is 4.98 Å². The lowest BCUT2D eigenvalue weighted by atomic mass is 9.66. The first-order valence-electron chi connectivity index (χ1n) is 12.2. The van der Waals surface area contributed by atoms with Crippen molar-refractivity contribution in [3.8, 4) is 22.9 Å². The van der Waals surface area contributed by atoms with Gasteiger partial charge in [-0.1, -0.05) is 54.2 Å². The molecule has 1 fully saturated rings. The molecule has 0 saturated heterocycles. The predicted octanol–water partition coefficient (Wildman–Crippen LogP) is 5.13. The molecule has 2 aliphatic rings. The molecule has 0 radical (unpaired) electrons. The second-order valence-corrected chi connectivity index (χ2v) is 10.4. The van der Waals surface area contributed by atoms with Gasteiger partial charge in [0, 0.05) is 41.8 Å². The summed E-state index contributed by atoms with van der Waals surface area (Å²) in [4.78, 5) is 32.3. The summed E-state index contributed by atoms with van der Waals surface area (Å²) in [7, 11) is 3.47. The minimum absolute atomic E-state index is 0.0501. The molecule has 2 atom stereocenters. The number of amides is 2. The lowest BCUT2D eigenvalue weighted by molar-refractivity contribution is -0.121. The van der Waals surface area contributed by atoms with Crippen LogP contribution in [-0.4, -0.2) is 46.0 Å². The van der Waals surface area contributed by atoms with Crippen LogP contribution in [0.5, 0.6) is 11.6 Å². The Hall–Kier alpha value is -4.11. The summed E-state index contributed by atoms with van der Waals surface area (Å²) in [6.45, 7) is 0. The lowest BCUT2D eigenvalue weighted by Gasteiger charge is -2.40. The number of benzene rings is 2. The van der Waals surface area contributed by atoms with E-state index in [4.69, 9.17) is 9.72 Å². The summed E-state index contributed by atoms with van der Waals surface area (Å²) < 4.78 is 6.33. The number of carbonyl (C=O) groups excluding carboxylic acids is 2. The molecule has 9 heteroatoms. The number of nitrogens with one attached hydrogen (secondary N) is 1. The normalized spacial score (nSPS) is 19.6. The smallest absolute Gasteiger partial charge is 0.253 e. The number of nitrogens with zero attached hydrogens (tertiary/aromatic N) is 4. The molecule has 2 aromatic heterocycles. The molecule has 1 spiro atoms. The molecule has 8 nitrogen and oxygen atoms in total. The van der Waals surface area contributed by atoms with Crippen LogP contribution in [0.25, 0.3) is 11.3 Å². The van der Waals surface area contributed by atoms with Crippen molar-refractivity contribution >= 4 is 28.3 Å². The molecule has 186 valence electrons. The molecule has 1 N–H and O–H groups in total. The maximum Gasteiger partial charge on any atom is 0.253 e. The fourth-order valence-corrected chi connectivity index (χ4v) is 6.11. The van der Waals surface area contributed by atoms with E-state index in [1.807, 2.05) is 42.5 Å².